The molecular weight excluding hydrogens is 288 g/mol. The van der Waals surface area contributed by atoms with Crippen LogP contribution in [0.2, 0.25) is 0 Å². The average Bonchev–Trinajstić information content (AvgIpc) is 2.54. The Hall–Kier alpha value is -1.13. The SMILES string of the molecule is CCOC(OCC)c1ncc(NC(CC)CC(C)CC)cc1C. The van der Waals surface area contributed by atoms with Crippen molar-refractivity contribution >= 4 is 5.69 Å². The normalized spacial score (nSPS) is 14.0. The highest BCUT2D eigenvalue weighted by Gasteiger charge is 2.17. The lowest BCUT2D eigenvalue weighted by Crippen LogP contribution is -2.21. The first-order valence-corrected chi connectivity index (χ1v) is 9.01. The largest absolute Gasteiger partial charge is 0.381 e. The Labute approximate surface area is 142 Å². The molecule has 0 spiro atoms. The maximum Gasteiger partial charge on any atom is 0.201 e. The maximum absolute atomic E-state index is 5.65. The van der Waals surface area contributed by atoms with Gasteiger partial charge in [0.1, 0.15) is 0 Å². The van der Waals surface area contributed by atoms with Gasteiger partial charge in [0.2, 0.25) is 6.29 Å². The first-order valence-electron chi connectivity index (χ1n) is 9.01. The lowest BCUT2D eigenvalue weighted by molar-refractivity contribution is -0.143. The molecule has 1 N–H and O–H groups in total. The zero-order chi connectivity index (χ0) is 17.2. The Balaban J connectivity index is 2.81. The van der Waals surface area contributed by atoms with Crippen LogP contribution in [0.1, 0.15) is 71.4 Å². The number of ether oxygens (including phenoxy) is 2. The Morgan fingerprint density at radius 1 is 1.09 bits per heavy atom. The number of aryl methyl sites for hydroxylation is 1. The average molecular weight is 322 g/mol. The monoisotopic (exact) mass is 322 g/mol. The molecule has 0 saturated heterocycles. The molecule has 1 aromatic heterocycles. The Bertz CT molecular complexity index is 445. The van der Waals surface area contributed by atoms with E-state index in [1.54, 1.807) is 0 Å². The summed E-state index contributed by atoms with van der Waals surface area (Å²) >= 11 is 0. The molecule has 0 fully saturated rings. The summed E-state index contributed by atoms with van der Waals surface area (Å²) in [6.07, 6.45) is 5.05. The van der Waals surface area contributed by atoms with Crippen molar-refractivity contribution in [2.75, 3.05) is 18.5 Å². The number of hydrogen-bond acceptors (Lipinski definition) is 4. The van der Waals surface area contributed by atoms with Gasteiger partial charge in [-0.3, -0.25) is 4.98 Å². The van der Waals surface area contributed by atoms with Crippen LogP contribution in [-0.4, -0.2) is 24.2 Å². The van der Waals surface area contributed by atoms with Crippen molar-refractivity contribution < 1.29 is 9.47 Å². The standard InChI is InChI=1S/C19H34N2O2/c1-7-14(5)11-16(8-2)21-17-12-15(6)18(20-13-17)19(22-9-3)23-10-4/h12-14,16,19,21H,7-11H2,1-6H3. The zero-order valence-electron chi connectivity index (χ0n) is 15.7. The van der Waals surface area contributed by atoms with E-state index >= 15 is 0 Å². The van der Waals surface area contributed by atoms with E-state index < -0.39 is 0 Å². The zero-order valence-corrected chi connectivity index (χ0v) is 15.7. The van der Waals surface area contributed by atoms with Gasteiger partial charge >= 0.3 is 0 Å². The summed E-state index contributed by atoms with van der Waals surface area (Å²) in [5.41, 5.74) is 3.04. The van der Waals surface area contributed by atoms with Crippen LogP contribution in [0.3, 0.4) is 0 Å². The van der Waals surface area contributed by atoms with Gasteiger partial charge in [0, 0.05) is 19.3 Å². The summed E-state index contributed by atoms with van der Waals surface area (Å²) in [5.74, 6) is 0.737. The van der Waals surface area contributed by atoms with E-state index in [4.69, 9.17) is 9.47 Å². The third-order valence-corrected chi connectivity index (χ3v) is 4.23. The van der Waals surface area contributed by atoms with Crippen LogP contribution in [0.5, 0.6) is 0 Å². The minimum absolute atomic E-state index is 0.374. The fraction of sp³-hybridized carbons (Fsp3) is 0.737. The van der Waals surface area contributed by atoms with Gasteiger partial charge in [0.05, 0.1) is 17.6 Å². The predicted molar refractivity (Wildman–Crippen MR) is 96.7 cm³/mol. The summed E-state index contributed by atoms with van der Waals surface area (Å²) in [6, 6.07) is 2.64. The van der Waals surface area contributed by atoms with Crippen molar-refractivity contribution in [2.45, 2.75) is 73.1 Å². The van der Waals surface area contributed by atoms with Gasteiger partial charge in [-0.05, 0) is 51.2 Å². The second-order valence-corrected chi connectivity index (χ2v) is 6.17. The Kier molecular flexibility index (Phi) is 9.19. The molecule has 0 saturated carbocycles. The van der Waals surface area contributed by atoms with Crippen molar-refractivity contribution in [2.24, 2.45) is 5.92 Å². The molecule has 0 bridgehead atoms. The molecule has 4 nitrogen and oxygen atoms in total. The Morgan fingerprint density at radius 3 is 2.22 bits per heavy atom. The topological polar surface area (TPSA) is 43.4 Å². The summed E-state index contributed by atoms with van der Waals surface area (Å²) in [5, 5.41) is 3.62. The van der Waals surface area contributed by atoms with Gasteiger partial charge in [-0.25, -0.2) is 0 Å². The molecule has 0 aromatic carbocycles. The van der Waals surface area contributed by atoms with Crippen LogP contribution in [0.25, 0.3) is 0 Å². The van der Waals surface area contributed by atoms with Crippen molar-refractivity contribution in [3.63, 3.8) is 0 Å². The molecular formula is C19H34N2O2. The highest BCUT2D eigenvalue weighted by atomic mass is 16.7. The highest BCUT2D eigenvalue weighted by molar-refractivity contribution is 5.45. The molecule has 4 heteroatoms. The van der Waals surface area contributed by atoms with Crippen LogP contribution in [0.15, 0.2) is 12.3 Å². The fourth-order valence-corrected chi connectivity index (χ4v) is 2.64. The number of pyridine rings is 1. The molecule has 1 aromatic rings. The molecule has 0 aliphatic rings. The number of rotatable bonds is 11. The summed E-state index contributed by atoms with van der Waals surface area (Å²) in [7, 11) is 0. The van der Waals surface area contributed by atoms with E-state index in [1.165, 1.54) is 12.8 Å². The third kappa shape index (κ3) is 6.48. The van der Waals surface area contributed by atoms with Crippen molar-refractivity contribution in [1.82, 2.24) is 4.98 Å². The quantitative estimate of drug-likeness (QED) is 0.576. The minimum atomic E-state index is -0.374. The van der Waals surface area contributed by atoms with Gasteiger partial charge < -0.3 is 14.8 Å². The lowest BCUT2D eigenvalue weighted by atomic mass is 9.97. The van der Waals surface area contributed by atoms with E-state index in [1.807, 2.05) is 20.0 Å². The van der Waals surface area contributed by atoms with Crippen LogP contribution < -0.4 is 5.32 Å². The van der Waals surface area contributed by atoms with Crippen LogP contribution in [0, 0.1) is 12.8 Å². The molecule has 23 heavy (non-hydrogen) atoms. The van der Waals surface area contributed by atoms with E-state index in [-0.39, 0.29) is 6.29 Å². The second kappa shape index (κ2) is 10.6. The maximum atomic E-state index is 5.65. The molecule has 1 heterocycles. The van der Waals surface area contributed by atoms with Gasteiger partial charge in [0.15, 0.2) is 0 Å². The molecule has 2 atom stereocenters. The molecule has 0 aliphatic carbocycles. The van der Waals surface area contributed by atoms with Crippen LogP contribution in [-0.2, 0) is 9.47 Å². The van der Waals surface area contributed by atoms with Crippen molar-refractivity contribution in [1.29, 1.82) is 0 Å². The van der Waals surface area contributed by atoms with E-state index in [2.05, 4.69) is 44.1 Å². The minimum Gasteiger partial charge on any atom is -0.381 e. The van der Waals surface area contributed by atoms with E-state index in [9.17, 15) is 0 Å². The predicted octanol–water partition coefficient (Wildman–Crippen LogP) is 5.09. The molecule has 2 unspecified atom stereocenters. The van der Waals surface area contributed by atoms with Gasteiger partial charge in [0.25, 0.3) is 0 Å². The summed E-state index contributed by atoms with van der Waals surface area (Å²) in [4.78, 5) is 4.59. The molecule has 1 rings (SSSR count). The molecule has 0 amide bonds. The van der Waals surface area contributed by atoms with Crippen molar-refractivity contribution in [3.05, 3.63) is 23.5 Å². The van der Waals surface area contributed by atoms with Gasteiger partial charge in [-0.1, -0.05) is 27.2 Å². The van der Waals surface area contributed by atoms with Crippen LogP contribution >= 0.6 is 0 Å². The number of nitrogens with one attached hydrogen (secondary N) is 1. The second-order valence-electron chi connectivity index (χ2n) is 6.17. The summed E-state index contributed by atoms with van der Waals surface area (Å²) < 4.78 is 11.3. The third-order valence-electron chi connectivity index (χ3n) is 4.23. The number of hydrogen-bond donors (Lipinski definition) is 1. The first-order chi connectivity index (χ1) is 11.0. The number of nitrogens with zero attached hydrogens (tertiary/aromatic N) is 1. The van der Waals surface area contributed by atoms with Gasteiger partial charge in [-0.15, -0.1) is 0 Å². The smallest absolute Gasteiger partial charge is 0.201 e. The molecule has 132 valence electrons. The van der Waals surface area contributed by atoms with Crippen LogP contribution in [0.4, 0.5) is 5.69 Å². The van der Waals surface area contributed by atoms with E-state index in [0.717, 1.165) is 29.3 Å². The highest BCUT2D eigenvalue weighted by Crippen LogP contribution is 2.24. The fourth-order valence-electron chi connectivity index (χ4n) is 2.64. The number of anilines is 1. The van der Waals surface area contributed by atoms with Crippen molar-refractivity contribution in [3.8, 4) is 0 Å². The van der Waals surface area contributed by atoms with E-state index in [0.29, 0.717) is 19.3 Å². The lowest BCUT2D eigenvalue weighted by Gasteiger charge is -2.23. The Morgan fingerprint density at radius 2 is 1.74 bits per heavy atom. The summed E-state index contributed by atoms with van der Waals surface area (Å²) in [6.45, 7) is 14.0. The molecule has 0 radical (unpaired) electrons. The first kappa shape index (κ1) is 19.9. The molecule has 0 aliphatic heterocycles. The number of aromatic nitrogens is 1. The van der Waals surface area contributed by atoms with Gasteiger partial charge in [-0.2, -0.15) is 0 Å².